The van der Waals surface area contributed by atoms with Gasteiger partial charge in [0.2, 0.25) is 10.0 Å². The molecule has 0 unspecified atom stereocenters. The maximum absolute atomic E-state index is 13.3. The molecule has 2 rings (SSSR count). The summed E-state index contributed by atoms with van der Waals surface area (Å²) in [6.07, 6.45) is 0. The molecule has 2 aromatic rings. The van der Waals surface area contributed by atoms with Gasteiger partial charge in [-0.2, -0.15) is 4.31 Å². The molecule has 0 saturated heterocycles. The zero-order valence-electron chi connectivity index (χ0n) is 13.7. The molecule has 0 fully saturated rings. The minimum absolute atomic E-state index is 0.00305. The van der Waals surface area contributed by atoms with Gasteiger partial charge in [0.1, 0.15) is 16.5 Å². The Kier molecular flexibility index (Phi) is 5.70. The first kappa shape index (κ1) is 18.8. The van der Waals surface area contributed by atoms with Crippen LogP contribution in [-0.4, -0.2) is 31.3 Å². The third kappa shape index (κ3) is 4.12. The van der Waals surface area contributed by atoms with E-state index < -0.39 is 20.8 Å². The zero-order valence-corrected chi connectivity index (χ0v) is 14.5. The lowest BCUT2D eigenvalue weighted by molar-refractivity contribution is -0.385. The van der Waals surface area contributed by atoms with Crippen molar-refractivity contribution in [2.75, 3.05) is 13.7 Å². The van der Waals surface area contributed by atoms with Gasteiger partial charge >= 0.3 is 0 Å². The summed E-state index contributed by atoms with van der Waals surface area (Å²) < 4.78 is 45.4. The van der Waals surface area contributed by atoms with E-state index in [4.69, 9.17) is 4.74 Å². The van der Waals surface area contributed by atoms with Gasteiger partial charge in [-0.05, 0) is 23.8 Å². The predicted octanol–water partition coefficient (Wildman–Crippen LogP) is 2.95. The van der Waals surface area contributed by atoms with Gasteiger partial charge in [0, 0.05) is 25.2 Å². The number of halogens is 1. The van der Waals surface area contributed by atoms with Crippen molar-refractivity contribution in [3.63, 3.8) is 0 Å². The van der Waals surface area contributed by atoms with E-state index in [0.29, 0.717) is 5.56 Å². The lowest BCUT2D eigenvalue weighted by atomic mass is 10.2. The Morgan fingerprint density at radius 1 is 1.24 bits per heavy atom. The number of nitrogens with zero attached hydrogens (tertiary/aromatic N) is 2. The monoisotopic (exact) mass is 368 g/mol. The summed E-state index contributed by atoms with van der Waals surface area (Å²) in [5.41, 5.74) is 0.107. The standard InChI is InChI=1S/C16H17FN2O5S/c1-3-18(11-12-5-4-6-13(17)9-12)25(22,23)16-10-14(19(20)21)7-8-15(16)24-2/h4-10H,3,11H2,1-2H3. The van der Waals surface area contributed by atoms with Crippen LogP contribution in [0, 0.1) is 15.9 Å². The number of sulfonamides is 1. The fourth-order valence-electron chi connectivity index (χ4n) is 2.33. The number of nitro benzene ring substituents is 1. The van der Waals surface area contributed by atoms with E-state index in [9.17, 15) is 22.9 Å². The highest BCUT2D eigenvalue weighted by molar-refractivity contribution is 7.89. The molecule has 0 N–H and O–H groups in total. The largest absolute Gasteiger partial charge is 0.495 e. The Labute approximate surface area is 144 Å². The first-order chi connectivity index (χ1) is 11.8. The molecule has 0 radical (unpaired) electrons. The van der Waals surface area contributed by atoms with Crippen molar-refractivity contribution in [2.24, 2.45) is 0 Å². The average molecular weight is 368 g/mol. The van der Waals surface area contributed by atoms with E-state index >= 15 is 0 Å². The summed E-state index contributed by atoms with van der Waals surface area (Å²) >= 11 is 0. The van der Waals surface area contributed by atoms with Crippen LogP contribution >= 0.6 is 0 Å². The third-order valence-corrected chi connectivity index (χ3v) is 5.52. The molecule has 0 bridgehead atoms. The molecule has 0 amide bonds. The summed E-state index contributed by atoms with van der Waals surface area (Å²) in [4.78, 5) is 9.98. The molecule has 9 heteroatoms. The fourth-order valence-corrected chi connectivity index (χ4v) is 3.94. The highest BCUT2D eigenvalue weighted by atomic mass is 32.2. The van der Waals surface area contributed by atoms with Crippen LogP contribution < -0.4 is 4.74 Å². The second-order valence-corrected chi connectivity index (χ2v) is 7.06. The van der Waals surface area contributed by atoms with E-state index in [1.54, 1.807) is 13.0 Å². The van der Waals surface area contributed by atoms with Crippen LogP contribution in [0.3, 0.4) is 0 Å². The lowest BCUT2D eigenvalue weighted by Gasteiger charge is -2.21. The van der Waals surface area contributed by atoms with E-state index in [1.807, 2.05) is 0 Å². The van der Waals surface area contributed by atoms with Crippen LogP contribution in [0.25, 0.3) is 0 Å². The number of non-ortho nitro benzene ring substituents is 1. The summed E-state index contributed by atoms with van der Waals surface area (Å²) in [7, 11) is -2.80. The highest BCUT2D eigenvalue weighted by Crippen LogP contribution is 2.31. The molecule has 25 heavy (non-hydrogen) atoms. The van der Waals surface area contributed by atoms with Crippen LogP contribution in [0.15, 0.2) is 47.4 Å². The number of benzene rings is 2. The molecule has 0 heterocycles. The summed E-state index contributed by atoms with van der Waals surface area (Å²) in [6.45, 7) is 1.66. The van der Waals surface area contributed by atoms with E-state index in [2.05, 4.69) is 0 Å². The number of nitro groups is 1. The van der Waals surface area contributed by atoms with Crippen molar-refractivity contribution in [3.05, 3.63) is 64.0 Å². The van der Waals surface area contributed by atoms with Gasteiger partial charge in [-0.25, -0.2) is 12.8 Å². The van der Waals surface area contributed by atoms with Gasteiger partial charge in [-0.1, -0.05) is 19.1 Å². The van der Waals surface area contributed by atoms with E-state index in [0.717, 1.165) is 10.4 Å². The van der Waals surface area contributed by atoms with Crippen molar-refractivity contribution in [2.45, 2.75) is 18.4 Å². The topological polar surface area (TPSA) is 89.8 Å². The number of hydrogen-bond donors (Lipinski definition) is 0. The molecule has 0 saturated carbocycles. The minimum atomic E-state index is -4.08. The molecule has 0 spiro atoms. The zero-order chi connectivity index (χ0) is 18.6. The summed E-state index contributed by atoms with van der Waals surface area (Å²) in [6, 6.07) is 8.95. The maximum atomic E-state index is 13.3. The van der Waals surface area contributed by atoms with Crippen molar-refractivity contribution in [3.8, 4) is 5.75 Å². The molecular weight excluding hydrogens is 351 g/mol. The smallest absolute Gasteiger partial charge is 0.271 e. The van der Waals surface area contributed by atoms with Crippen LogP contribution in [0.5, 0.6) is 5.75 Å². The van der Waals surface area contributed by atoms with Crippen molar-refractivity contribution >= 4 is 15.7 Å². The van der Waals surface area contributed by atoms with Crippen molar-refractivity contribution < 1.29 is 22.5 Å². The first-order valence-electron chi connectivity index (χ1n) is 7.36. The Hall–Kier alpha value is -2.52. The van der Waals surface area contributed by atoms with Crippen LogP contribution in [0.2, 0.25) is 0 Å². The number of methoxy groups -OCH3 is 1. The van der Waals surface area contributed by atoms with Crippen molar-refractivity contribution in [1.29, 1.82) is 0 Å². The van der Waals surface area contributed by atoms with E-state index in [1.165, 1.54) is 37.4 Å². The highest BCUT2D eigenvalue weighted by Gasteiger charge is 2.29. The average Bonchev–Trinajstić information content (AvgIpc) is 2.58. The Morgan fingerprint density at radius 3 is 2.52 bits per heavy atom. The van der Waals surface area contributed by atoms with Gasteiger partial charge in [0.25, 0.3) is 5.69 Å². The van der Waals surface area contributed by atoms with Crippen LogP contribution in [-0.2, 0) is 16.6 Å². The predicted molar refractivity (Wildman–Crippen MR) is 89.3 cm³/mol. The fraction of sp³-hybridized carbons (Fsp3) is 0.250. The van der Waals surface area contributed by atoms with Crippen LogP contribution in [0.1, 0.15) is 12.5 Å². The Bertz CT molecular complexity index is 886. The van der Waals surface area contributed by atoms with Crippen molar-refractivity contribution in [1.82, 2.24) is 4.31 Å². The van der Waals surface area contributed by atoms with Gasteiger partial charge in [-0.15, -0.1) is 0 Å². The Morgan fingerprint density at radius 2 is 1.96 bits per heavy atom. The molecule has 2 aromatic carbocycles. The summed E-state index contributed by atoms with van der Waals surface area (Å²) in [5, 5.41) is 11.0. The third-order valence-electron chi connectivity index (χ3n) is 3.58. The lowest BCUT2D eigenvalue weighted by Crippen LogP contribution is -2.30. The maximum Gasteiger partial charge on any atom is 0.271 e. The number of rotatable bonds is 7. The quantitative estimate of drug-likeness (QED) is 0.554. The van der Waals surface area contributed by atoms with E-state index in [-0.39, 0.29) is 29.4 Å². The molecule has 7 nitrogen and oxygen atoms in total. The second-order valence-electron chi connectivity index (χ2n) is 5.15. The van der Waals surface area contributed by atoms with Gasteiger partial charge < -0.3 is 4.74 Å². The molecule has 0 atom stereocenters. The Balaban J connectivity index is 2.47. The number of ether oxygens (including phenoxy) is 1. The molecule has 0 aliphatic heterocycles. The number of hydrogen-bond acceptors (Lipinski definition) is 5. The van der Waals surface area contributed by atoms with Gasteiger partial charge in [-0.3, -0.25) is 10.1 Å². The molecule has 134 valence electrons. The molecule has 0 aromatic heterocycles. The molecular formula is C16H17FN2O5S. The van der Waals surface area contributed by atoms with Gasteiger partial charge in [0.15, 0.2) is 0 Å². The normalized spacial score (nSPS) is 11.5. The molecule has 0 aliphatic carbocycles. The minimum Gasteiger partial charge on any atom is -0.495 e. The van der Waals surface area contributed by atoms with Crippen LogP contribution in [0.4, 0.5) is 10.1 Å². The summed E-state index contributed by atoms with van der Waals surface area (Å²) in [5.74, 6) is -0.470. The SMILES string of the molecule is CCN(Cc1cccc(F)c1)S(=O)(=O)c1cc([N+](=O)[O-])ccc1OC. The molecule has 0 aliphatic rings. The second kappa shape index (κ2) is 7.58. The van der Waals surface area contributed by atoms with Gasteiger partial charge in [0.05, 0.1) is 12.0 Å². The first-order valence-corrected chi connectivity index (χ1v) is 8.80.